The van der Waals surface area contributed by atoms with E-state index in [4.69, 9.17) is 16.3 Å². The molecule has 1 fully saturated rings. The molecule has 1 aromatic carbocycles. The highest BCUT2D eigenvalue weighted by Crippen LogP contribution is 2.27. The lowest BCUT2D eigenvalue weighted by Gasteiger charge is -2.13. The average Bonchev–Trinajstić information content (AvgIpc) is 3.37. The maximum atomic E-state index is 12.3. The van der Waals surface area contributed by atoms with Gasteiger partial charge in [0.15, 0.2) is 15.7 Å². The first-order valence-corrected chi connectivity index (χ1v) is 12.4. The Bertz CT molecular complexity index is 1280. The van der Waals surface area contributed by atoms with E-state index in [2.05, 4.69) is 15.3 Å². The summed E-state index contributed by atoms with van der Waals surface area (Å²) in [4.78, 5) is 34.9. The van der Waals surface area contributed by atoms with E-state index in [1.807, 2.05) is 0 Å². The van der Waals surface area contributed by atoms with Crippen LogP contribution in [0.5, 0.6) is 0 Å². The Balaban J connectivity index is 1.44. The number of ether oxygens (including phenoxy) is 1. The Kier molecular flexibility index (Phi) is 6.13. The molecule has 1 atom stereocenters. The number of cyclic esters (lactones) is 1. The lowest BCUT2D eigenvalue weighted by molar-refractivity contribution is 0.0920. The first-order chi connectivity index (χ1) is 15.2. The molecule has 2 aromatic heterocycles. The highest BCUT2D eigenvalue weighted by atomic mass is 35.5. The molecule has 12 heteroatoms. The van der Waals surface area contributed by atoms with Crippen molar-refractivity contribution in [2.45, 2.75) is 11.0 Å². The molecule has 1 N–H and O–H groups in total. The maximum absolute atomic E-state index is 12.3. The van der Waals surface area contributed by atoms with Crippen LogP contribution in [0.1, 0.15) is 9.67 Å². The molecule has 1 saturated heterocycles. The zero-order chi connectivity index (χ0) is 22.9. The molecule has 32 heavy (non-hydrogen) atoms. The third-order valence-electron chi connectivity index (χ3n) is 4.64. The molecule has 0 saturated carbocycles. The van der Waals surface area contributed by atoms with Gasteiger partial charge in [-0.1, -0.05) is 29.8 Å². The Morgan fingerprint density at radius 1 is 1.25 bits per heavy atom. The van der Waals surface area contributed by atoms with E-state index >= 15 is 0 Å². The summed E-state index contributed by atoms with van der Waals surface area (Å²) in [6.45, 7) is 0.308. The Labute approximate surface area is 192 Å². The van der Waals surface area contributed by atoms with Gasteiger partial charge in [-0.15, -0.1) is 11.3 Å². The number of halogens is 1. The molecule has 1 aliphatic rings. The number of hydrogen-bond acceptors (Lipinski definition) is 8. The van der Waals surface area contributed by atoms with E-state index in [1.54, 1.807) is 30.3 Å². The van der Waals surface area contributed by atoms with Crippen molar-refractivity contribution >= 4 is 50.6 Å². The zero-order valence-electron chi connectivity index (χ0n) is 16.7. The molecule has 0 spiro atoms. The van der Waals surface area contributed by atoms with Crippen molar-refractivity contribution in [1.82, 2.24) is 15.3 Å². The lowest BCUT2D eigenvalue weighted by Crippen LogP contribution is -2.34. The molecule has 1 aliphatic heterocycles. The number of anilines is 1. The number of nitrogens with zero attached hydrogens (tertiary/aromatic N) is 3. The Morgan fingerprint density at radius 3 is 2.69 bits per heavy atom. The van der Waals surface area contributed by atoms with Crippen LogP contribution in [-0.4, -0.2) is 55.8 Å². The fourth-order valence-electron chi connectivity index (χ4n) is 3.15. The number of aromatic nitrogens is 2. The summed E-state index contributed by atoms with van der Waals surface area (Å²) < 4.78 is 29.9. The second-order valence-corrected chi connectivity index (χ2v) is 10.7. The molecule has 0 radical (unpaired) electrons. The van der Waals surface area contributed by atoms with Gasteiger partial charge in [0.25, 0.3) is 5.91 Å². The molecule has 0 unspecified atom stereocenters. The Hall–Kier alpha value is -3.02. The smallest absolute Gasteiger partial charge is 0.416 e. The summed E-state index contributed by atoms with van der Waals surface area (Å²) in [5, 5.41) is 2.71. The predicted molar refractivity (Wildman–Crippen MR) is 120 cm³/mol. The van der Waals surface area contributed by atoms with Gasteiger partial charge in [-0.3, -0.25) is 14.7 Å². The van der Waals surface area contributed by atoms with Crippen LogP contribution in [0.2, 0.25) is 4.34 Å². The van der Waals surface area contributed by atoms with Crippen LogP contribution in [0.15, 0.2) is 53.7 Å². The number of nitrogens with one attached hydrogen (secondary N) is 1. The SMILES string of the molecule is CS(=O)(=O)c1ccccc1-c1cnc(N2C[C@H](CNC(=O)c3ccc(Cl)s3)OC2=O)cn1. The molecule has 3 aromatic rings. The quantitative estimate of drug-likeness (QED) is 0.561. The van der Waals surface area contributed by atoms with Crippen LogP contribution in [0.3, 0.4) is 0 Å². The van der Waals surface area contributed by atoms with Crippen molar-refractivity contribution in [2.24, 2.45) is 0 Å². The largest absolute Gasteiger partial charge is 0.442 e. The van der Waals surface area contributed by atoms with E-state index in [0.717, 1.165) is 17.6 Å². The highest BCUT2D eigenvalue weighted by molar-refractivity contribution is 7.90. The summed E-state index contributed by atoms with van der Waals surface area (Å²) in [5.41, 5.74) is 0.785. The number of thiophene rings is 1. The fourth-order valence-corrected chi connectivity index (χ4v) is 5.00. The molecule has 4 rings (SSSR count). The summed E-state index contributed by atoms with van der Waals surface area (Å²) in [6.07, 6.45) is 2.74. The zero-order valence-corrected chi connectivity index (χ0v) is 19.1. The molecule has 3 heterocycles. The van der Waals surface area contributed by atoms with Crippen molar-refractivity contribution < 1.29 is 22.7 Å². The summed E-state index contributed by atoms with van der Waals surface area (Å²) in [7, 11) is -3.45. The second kappa shape index (κ2) is 8.85. The van der Waals surface area contributed by atoms with Gasteiger partial charge in [-0.25, -0.2) is 18.2 Å². The van der Waals surface area contributed by atoms with Gasteiger partial charge < -0.3 is 10.1 Å². The minimum Gasteiger partial charge on any atom is -0.442 e. The molecule has 0 bridgehead atoms. The van der Waals surface area contributed by atoms with Gasteiger partial charge in [-0.05, 0) is 18.2 Å². The summed E-state index contributed by atoms with van der Waals surface area (Å²) >= 11 is 7.00. The van der Waals surface area contributed by atoms with E-state index in [-0.39, 0.29) is 29.7 Å². The second-order valence-electron chi connectivity index (χ2n) is 6.96. The minimum atomic E-state index is -3.45. The maximum Gasteiger partial charge on any atom is 0.416 e. The predicted octanol–water partition coefficient (Wildman–Crippen LogP) is 3.02. The van der Waals surface area contributed by atoms with Crippen LogP contribution >= 0.6 is 22.9 Å². The van der Waals surface area contributed by atoms with E-state index in [1.165, 1.54) is 23.4 Å². The monoisotopic (exact) mass is 492 g/mol. The molecular formula is C20H17ClN4O5S2. The topological polar surface area (TPSA) is 119 Å². The Morgan fingerprint density at radius 2 is 2.03 bits per heavy atom. The third kappa shape index (κ3) is 4.74. The van der Waals surface area contributed by atoms with Crippen molar-refractivity contribution in [3.8, 4) is 11.3 Å². The molecule has 166 valence electrons. The van der Waals surface area contributed by atoms with Gasteiger partial charge in [-0.2, -0.15) is 0 Å². The molecule has 2 amide bonds. The van der Waals surface area contributed by atoms with E-state index in [9.17, 15) is 18.0 Å². The first kappa shape index (κ1) is 22.2. The number of amides is 2. The number of carbonyl (C=O) groups excluding carboxylic acids is 2. The highest BCUT2D eigenvalue weighted by Gasteiger charge is 2.33. The number of benzene rings is 1. The van der Waals surface area contributed by atoms with Crippen LogP contribution in [-0.2, 0) is 14.6 Å². The number of hydrogen-bond donors (Lipinski definition) is 1. The first-order valence-electron chi connectivity index (χ1n) is 9.35. The number of carbonyl (C=O) groups is 2. The standard InChI is InChI=1S/C20H17ClN4O5S2/c1-32(28,29)16-5-3-2-4-13(16)14-9-23-18(10-22-14)25-11-12(30-20(25)27)8-24-19(26)15-6-7-17(21)31-15/h2-7,9-10,12H,8,11H2,1H3,(H,24,26)/t12-/m0/s1. The van der Waals surface area contributed by atoms with Crippen molar-refractivity contribution in [1.29, 1.82) is 0 Å². The van der Waals surface area contributed by atoms with E-state index in [0.29, 0.717) is 20.5 Å². The third-order valence-corrected chi connectivity index (χ3v) is 7.02. The summed E-state index contributed by atoms with van der Waals surface area (Å²) in [5.74, 6) is -0.0421. The molecular weight excluding hydrogens is 476 g/mol. The van der Waals surface area contributed by atoms with Crippen LogP contribution < -0.4 is 10.2 Å². The van der Waals surface area contributed by atoms with E-state index < -0.39 is 22.0 Å². The van der Waals surface area contributed by atoms with Crippen LogP contribution in [0.4, 0.5) is 10.6 Å². The van der Waals surface area contributed by atoms with Crippen LogP contribution in [0.25, 0.3) is 11.3 Å². The van der Waals surface area contributed by atoms with Crippen molar-refractivity contribution in [3.05, 3.63) is 58.0 Å². The van der Waals surface area contributed by atoms with Crippen LogP contribution in [0, 0.1) is 0 Å². The number of sulfone groups is 1. The average molecular weight is 493 g/mol. The van der Waals surface area contributed by atoms with Gasteiger partial charge >= 0.3 is 6.09 Å². The molecule has 0 aliphatic carbocycles. The van der Waals surface area contributed by atoms with Gasteiger partial charge in [0.05, 0.1) is 45.3 Å². The summed E-state index contributed by atoms with van der Waals surface area (Å²) in [6, 6.07) is 9.74. The lowest BCUT2D eigenvalue weighted by atomic mass is 10.1. The van der Waals surface area contributed by atoms with Crippen molar-refractivity contribution in [2.75, 3.05) is 24.2 Å². The number of rotatable bonds is 6. The van der Waals surface area contributed by atoms with Gasteiger partial charge in [0.2, 0.25) is 0 Å². The van der Waals surface area contributed by atoms with Crippen molar-refractivity contribution in [3.63, 3.8) is 0 Å². The molecule has 9 nitrogen and oxygen atoms in total. The fraction of sp³-hybridized carbons (Fsp3) is 0.200. The van der Waals surface area contributed by atoms with Gasteiger partial charge in [0, 0.05) is 11.8 Å². The van der Waals surface area contributed by atoms with Gasteiger partial charge in [0.1, 0.15) is 6.10 Å². The minimum absolute atomic E-state index is 0.129. The normalized spacial score (nSPS) is 16.1.